The molecule has 4 heterocycles. The Balaban J connectivity index is 1.19. The molecule has 2 aliphatic heterocycles. The van der Waals surface area contributed by atoms with Crippen LogP contribution >= 0.6 is 0 Å². The van der Waals surface area contributed by atoms with Gasteiger partial charge in [0.2, 0.25) is 0 Å². The Morgan fingerprint density at radius 2 is 1.04 bits per heavy atom. The van der Waals surface area contributed by atoms with Crippen molar-refractivity contribution in [1.29, 1.82) is 0 Å². The topological polar surface area (TPSA) is 28.3 Å². The lowest BCUT2D eigenvalue weighted by Gasteiger charge is -2.36. The molecule has 8 aliphatic rings. The summed E-state index contributed by atoms with van der Waals surface area (Å²) in [4.78, 5) is 0. The van der Waals surface area contributed by atoms with Crippen LogP contribution in [0, 0.1) is 11.8 Å². The fourth-order valence-corrected chi connectivity index (χ4v) is 10.2. The molecule has 0 saturated heterocycles. The third-order valence-corrected chi connectivity index (χ3v) is 12.6. The molecule has 4 atom stereocenters. The number of aromatic nitrogens is 2. The fraction of sp³-hybridized carbons (Fsp3) is 0.174. The van der Waals surface area contributed by atoms with Crippen LogP contribution in [0.1, 0.15) is 82.5 Å². The summed E-state index contributed by atoms with van der Waals surface area (Å²) < 4.78 is 19.4. The van der Waals surface area contributed by atoms with Crippen molar-refractivity contribution in [2.75, 3.05) is 0 Å². The van der Waals surface area contributed by atoms with E-state index in [1.807, 2.05) is 0 Å². The van der Waals surface area contributed by atoms with Crippen molar-refractivity contribution in [2.45, 2.75) is 37.5 Å². The second kappa shape index (κ2) is 9.55. The number of fused-ring (bicyclic) bond motifs is 14. The molecular formula is C46H33BN2O2. The van der Waals surface area contributed by atoms with Crippen LogP contribution in [0.25, 0.3) is 47.8 Å². The van der Waals surface area contributed by atoms with Gasteiger partial charge >= 0.3 is 0 Å². The number of benzene rings is 3. The largest absolute Gasteiger partial charge is 0.456 e. The first-order valence-corrected chi connectivity index (χ1v) is 18.7. The molecule has 2 fully saturated rings. The fourth-order valence-electron chi connectivity index (χ4n) is 10.2. The normalized spacial score (nSPS) is 23.6. The summed E-state index contributed by atoms with van der Waals surface area (Å²) in [6.45, 7) is -0.0313. The van der Waals surface area contributed by atoms with Crippen LogP contribution in [-0.2, 0) is 0 Å². The molecule has 242 valence electrons. The molecule has 2 aromatic heterocycles. The van der Waals surface area contributed by atoms with E-state index in [-0.39, 0.29) is 6.71 Å². The first kappa shape index (κ1) is 27.1. The molecule has 5 heteroatoms. The highest BCUT2D eigenvalue weighted by Crippen LogP contribution is 2.58. The summed E-state index contributed by atoms with van der Waals surface area (Å²) in [5.74, 6) is 6.05. The molecule has 0 radical (unpaired) electrons. The van der Waals surface area contributed by atoms with Gasteiger partial charge in [0.15, 0.2) is 11.5 Å². The highest BCUT2D eigenvalue weighted by Gasteiger charge is 2.48. The van der Waals surface area contributed by atoms with Gasteiger partial charge in [0, 0.05) is 16.6 Å². The first-order valence-electron chi connectivity index (χ1n) is 18.7. The Morgan fingerprint density at radius 3 is 1.57 bits per heavy atom. The van der Waals surface area contributed by atoms with Crippen molar-refractivity contribution in [3.8, 4) is 34.4 Å². The minimum atomic E-state index is -0.0313. The molecular weight excluding hydrogens is 623 g/mol. The van der Waals surface area contributed by atoms with E-state index in [4.69, 9.17) is 9.47 Å². The zero-order chi connectivity index (χ0) is 32.9. The molecule has 6 aliphatic carbocycles. The number of rotatable bonds is 2. The first-order chi connectivity index (χ1) is 25.3. The number of hydrogen-bond donors (Lipinski definition) is 0. The van der Waals surface area contributed by atoms with E-state index in [0.717, 1.165) is 52.7 Å². The van der Waals surface area contributed by atoms with Crippen LogP contribution in [-0.4, -0.2) is 15.8 Å². The summed E-state index contributed by atoms with van der Waals surface area (Å²) in [7, 11) is 0. The molecule has 51 heavy (non-hydrogen) atoms. The number of allylic oxidation sites excluding steroid dienone is 6. The Labute approximate surface area is 297 Å². The highest BCUT2D eigenvalue weighted by atomic mass is 16.5. The van der Waals surface area contributed by atoms with E-state index < -0.39 is 0 Å². The van der Waals surface area contributed by atoms with Crippen LogP contribution in [0.5, 0.6) is 23.0 Å². The second-order valence-electron chi connectivity index (χ2n) is 15.4. The highest BCUT2D eigenvalue weighted by molar-refractivity contribution is 6.98. The van der Waals surface area contributed by atoms with Crippen molar-refractivity contribution in [3.05, 3.63) is 136 Å². The van der Waals surface area contributed by atoms with E-state index in [1.165, 1.54) is 68.8 Å². The van der Waals surface area contributed by atoms with E-state index in [0.29, 0.717) is 23.7 Å². The molecule has 0 amide bonds. The van der Waals surface area contributed by atoms with Gasteiger partial charge in [0.1, 0.15) is 11.5 Å². The second-order valence-corrected chi connectivity index (χ2v) is 15.4. The van der Waals surface area contributed by atoms with Crippen LogP contribution < -0.4 is 25.9 Å². The summed E-state index contributed by atoms with van der Waals surface area (Å²) in [6, 6.07) is 19.6. The summed E-state index contributed by atoms with van der Waals surface area (Å²) in [5.41, 5.74) is 16.4. The predicted molar refractivity (Wildman–Crippen MR) is 208 cm³/mol. The summed E-state index contributed by atoms with van der Waals surface area (Å²) in [6.07, 6.45) is 32.7. The molecule has 0 bridgehead atoms. The van der Waals surface area contributed by atoms with Gasteiger partial charge in [-0.15, -0.1) is 0 Å². The Morgan fingerprint density at radius 1 is 0.549 bits per heavy atom. The minimum absolute atomic E-state index is 0.0313. The number of nitrogens with zero attached hydrogens (tertiary/aromatic N) is 2. The van der Waals surface area contributed by atoms with Crippen molar-refractivity contribution < 1.29 is 9.47 Å². The molecule has 2 saturated carbocycles. The maximum atomic E-state index is 7.17. The van der Waals surface area contributed by atoms with Gasteiger partial charge in [-0.1, -0.05) is 85.0 Å². The molecule has 4 unspecified atom stereocenters. The van der Waals surface area contributed by atoms with Gasteiger partial charge in [0.25, 0.3) is 6.71 Å². The lowest BCUT2D eigenvalue weighted by molar-refractivity contribution is 0.461. The van der Waals surface area contributed by atoms with Crippen molar-refractivity contribution >= 4 is 59.6 Å². The number of ether oxygens (including phenoxy) is 2. The van der Waals surface area contributed by atoms with Gasteiger partial charge < -0.3 is 18.6 Å². The maximum absolute atomic E-state index is 7.17. The average Bonchev–Trinajstić information content (AvgIpc) is 4.09. The van der Waals surface area contributed by atoms with E-state index in [1.54, 1.807) is 0 Å². The van der Waals surface area contributed by atoms with Gasteiger partial charge in [-0.3, -0.25) is 0 Å². The van der Waals surface area contributed by atoms with Crippen molar-refractivity contribution in [1.82, 2.24) is 9.13 Å². The SMILES string of the molecule is C1=Cc2c3c(n(-c4cc(-n5c6c(c7c5C=CC5CC75)C=CCC=C6)c5c6c4Oc4ccccc4B6c4ccccc4O5)c2C=CC1)C=CC1CC31. The standard InChI is InChI=1S/C46H33BN2O2/c1-3-11-28-34(15-5-1)48(36-21-19-26-23-30(26)42(28)36)38-25-39(49-35-16-6-2-4-12-29(35)43-31-24-27(31)20-22-37(43)49)46-44-45(38)50-40-17-9-7-13-32(40)47(44)33-14-8-10-18-41(33)51-46/h3-22,25-27,30-31H,1-2,23-24H2. The lowest BCUT2D eigenvalue weighted by atomic mass is 9.34. The van der Waals surface area contributed by atoms with Gasteiger partial charge in [0.05, 0.1) is 34.2 Å². The van der Waals surface area contributed by atoms with E-state index in [2.05, 4.69) is 137 Å². The Hall–Kier alpha value is -5.68. The van der Waals surface area contributed by atoms with Crippen LogP contribution in [0.2, 0.25) is 0 Å². The van der Waals surface area contributed by atoms with Crippen LogP contribution in [0.4, 0.5) is 0 Å². The summed E-state index contributed by atoms with van der Waals surface area (Å²) in [5, 5.41) is 0. The van der Waals surface area contributed by atoms with Crippen molar-refractivity contribution in [3.63, 3.8) is 0 Å². The van der Waals surface area contributed by atoms with E-state index in [9.17, 15) is 0 Å². The minimum Gasteiger partial charge on any atom is -0.456 e. The lowest BCUT2D eigenvalue weighted by Crippen LogP contribution is -2.57. The van der Waals surface area contributed by atoms with Gasteiger partial charge in [-0.25, -0.2) is 0 Å². The smallest absolute Gasteiger partial charge is 0.260 e. The molecule has 13 rings (SSSR count). The third-order valence-electron chi connectivity index (χ3n) is 12.6. The average molecular weight is 657 g/mol. The van der Waals surface area contributed by atoms with E-state index >= 15 is 0 Å². The maximum Gasteiger partial charge on any atom is 0.260 e. The van der Waals surface area contributed by atoms with Crippen LogP contribution in [0.15, 0.2) is 91.1 Å². The predicted octanol–water partition coefficient (Wildman–Crippen LogP) is 9.12. The number of para-hydroxylation sites is 2. The van der Waals surface area contributed by atoms with Gasteiger partial charge in [-0.2, -0.15) is 0 Å². The van der Waals surface area contributed by atoms with Crippen LogP contribution in [0.3, 0.4) is 0 Å². The van der Waals surface area contributed by atoms with Gasteiger partial charge in [-0.05, 0) is 114 Å². The quantitative estimate of drug-likeness (QED) is 0.174. The zero-order valence-corrected chi connectivity index (χ0v) is 28.1. The molecule has 5 aromatic rings. The summed E-state index contributed by atoms with van der Waals surface area (Å²) >= 11 is 0. The Bertz CT molecular complexity index is 2460. The number of hydrogen-bond acceptors (Lipinski definition) is 2. The molecule has 0 spiro atoms. The monoisotopic (exact) mass is 656 g/mol. The Kier molecular flexibility index (Phi) is 5.08. The third kappa shape index (κ3) is 3.51. The molecule has 3 aromatic carbocycles. The zero-order valence-electron chi connectivity index (χ0n) is 28.1. The molecule has 0 N–H and O–H groups in total. The van der Waals surface area contributed by atoms with Crippen molar-refractivity contribution in [2.24, 2.45) is 11.8 Å². The molecule has 4 nitrogen and oxygen atoms in total.